The van der Waals surface area contributed by atoms with Crippen LogP contribution >= 0.6 is 0 Å². The van der Waals surface area contributed by atoms with Gasteiger partial charge in [-0.1, -0.05) is 13.8 Å². The molecule has 0 bridgehead atoms. The molecule has 1 aromatic rings. The second-order valence-corrected chi connectivity index (χ2v) is 4.46. The minimum Gasteiger partial charge on any atom is -0.435 e. The van der Waals surface area contributed by atoms with E-state index in [0.717, 1.165) is 0 Å². The van der Waals surface area contributed by atoms with Crippen LogP contribution in [-0.4, -0.2) is 25.1 Å². The molecule has 19 heavy (non-hydrogen) atoms. The zero-order valence-corrected chi connectivity index (χ0v) is 10.9. The maximum atomic E-state index is 12.0. The molecule has 1 amide bonds. The first kappa shape index (κ1) is 15.4. The number of hydrogen-bond donors (Lipinski definition) is 2. The highest BCUT2D eigenvalue weighted by Crippen LogP contribution is 2.15. The Hall–Kier alpha value is -1.69. The molecule has 1 atom stereocenters. The summed E-state index contributed by atoms with van der Waals surface area (Å²) in [7, 11) is 0. The van der Waals surface area contributed by atoms with Crippen molar-refractivity contribution in [1.29, 1.82) is 0 Å². The number of nitrogens with one attached hydrogen (secondary N) is 1. The molecule has 6 heteroatoms. The summed E-state index contributed by atoms with van der Waals surface area (Å²) in [5, 5.41) is 2.79. The minimum absolute atomic E-state index is 0.0192. The Labute approximate surface area is 110 Å². The lowest BCUT2D eigenvalue weighted by atomic mass is 10.0. The lowest BCUT2D eigenvalue weighted by molar-refractivity contribution is -0.0498. The second kappa shape index (κ2) is 7.04. The van der Waals surface area contributed by atoms with E-state index in [1.54, 1.807) is 0 Å². The SMILES string of the molecule is CC(C)C(CN)NC(=O)c1ccc(OC(F)F)cc1. The fourth-order valence-corrected chi connectivity index (χ4v) is 1.54. The molecule has 1 aromatic carbocycles. The van der Waals surface area contributed by atoms with Gasteiger partial charge in [-0.25, -0.2) is 0 Å². The van der Waals surface area contributed by atoms with Crippen LogP contribution in [0.15, 0.2) is 24.3 Å². The van der Waals surface area contributed by atoms with Crippen molar-refractivity contribution < 1.29 is 18.3 Å². The number of halogens is 2. The van der Waals surface area contributed by atoms with Crippen LogP contribution < -0.4 is 15.8 Å². The summed E-state index contributed by atoms with van der Waals surface area (Å²) in [4.78, 5) is 11.9. The van der Waals surface area contributed by atoms with Gasteiger partial charge in [0.15, 0.2) is 0 Å². The molecule has 0 saturated carbocycles. The predicted octanol–water partition coefficient (Wildman–Crippen LogP) is 2.00. The summed E-state index contributed by atoms with van der Waals surface area (Å²) in [5.41, 5.74) is 5.94. The van der Waals surface area contributed by atoms with Crippen molar-refractivity contribution in [2.45, 2.75) is 26.5 Å². The van der Waals surface area contributed by atoms with Crippen molar-refractivity contribution in [3.05, 3.63) is 29.8 Å². The zero-order chi connectivity index (χ0) is 14.4. The number of carbonyl (C=O) groups excluding carboxylic acids is 1. The van der Waals surface area contributed by atoms with Crippen LogP contribution in [0, 0.1) is 5.92 Å². The van der Waals surface area contributed by atoms with Gasteiger partial charge in [0, 0.05) is 18.2 Å². The Morgan fingerprint density at radius 3 is 2.32 bits per heavy atom. The minimum atomic E-state index is -2.87. The molecule has 0 heterocycles. The van der Waals surface area contributed by atoms with E-state index in [1.807, 2.05) is 13.8 Å². The molecule has 0 fully saturated rings. The van der Waals surface area contributed by atoms with Gasteiger partial charge < -0.3 is 15.8 Å². The summed E-state index contributed by atoms with van der Waals surface area (Å²) in [6.45, 7) is 1.38. The van der Waals surface area contributed by atoms with Crippen LogP contribution in [0.25, 0.3) is 0 Å². The van der Waals surface area contributed by atoms with E-state index in [2.05, 4.69) is 10.1 Å². The van der Waals surface area contributed by atoms with Crippen LogP contribution in [-0.2, 0) is 0 Å². The van der Waals surface area contributed by atoms with Gasteiger partial charge in [-0.3, -0.25) is 4.79 Å². The molecule has 0 aliphatic rings. The van der Waals surface area contributed by atoms with Gasteiger partial charge >= 0.3 is 6.61 Å². The third-order valence-corrected chi connectivity index (χ3v) is 2.72. The molecule has 0 aromatic heterocycles. The summed E-state index contributed by atoms with van der Waals surface area (Å²) >= 11 is 0. The topological polar surface area (TPSA) is 64.3 Å². The number of benzene rings is 1. The molecular formula is C13H18F2N2O2. The maximum Gasteiger partial charge on any atom is 0.387 e. The summed E-state index contributed by atoms with van der Waals surface area (Å²) < 4.78 is 28.1. The molecule has 0 saturated heterocycles. The van der Waals surface area contributed by atoms with Crippen LogP contribution in [0.2, 0.25) is 0 Å². The van der Waals surface area contributed by atoms with Gasteiger partial charge in [-0.15, -0.1) is 0 Å². The third-order valence-electron chi connectivity index (χ3n) is 2.72. The molecule has 0 aliphatic carbocycles. The van der Waals surface area contributed by atoms with Crippen molar-refractivity contribution in [2.24, 2.45) is 11.7 Å². The lowest BCUT2D eigenvalue weighted by Gasteiger charge is -2.20. The van der Waals surface area contributed by atoms with Crippen molar-refractivity contribution >= 4 is 5.91 Å². The van der Waals surface area contributed by atoms with Crippen LogP contribution in [0.5, 0.6) is 5.75 Å². The quantitative estimate of drug-likeness (QED) is 0.832. The van der Waals surface area contributed by atoms with E-state index >= 15 is 0 Å². The van der Waals surface area contributed by atoms with Gasteiger partial charge in [0.05, 0.1) is 0 Å². The van der Waals surface area contributed by atoms with E-state index in [-0.39, 0.29) is 23.6 Å². The van der Waals surface area contributed by atoms with Crippen molar-refractivity contribution in [1.82, 2.24) is 5.32 Å². The highest BCUT2D eigenvalue weighted by molar-refractivity contribution is 5.94. The van der Waals surface area contributed by atoms with E-state index in [4.69, 9.17) is 5.73 Å². The largest absolute Gasteiger partial charge is 0.435 e. The van der Waals surface area contributed by atoms with Gasteiger partial charge in [-0.2, -0.15) is 8.78 Å². The Kier molecular flexibility index (Phi) is 5.69. The Morgan fingerprint density at radius 2 is 1.89 bits per heavy atom. The molecule has 4 nitrogen and oxygen atoms in total. The fourth-order valence-electron chi connectivity index (χ4n) is 1.54. The molecule has 106 valence electrons. The van der Waals surface area contributed by atoms with Gasteiger partial charge in [0.25, 0.3) is 5.91 Å². The van der Waals surface area contributed by atoms with E-state index in [1.165, 1.54) is 24.3 Å². The van der Waals surface area contributed by atoms with E-state index in [9.17, 15) is 13.6 Å². The van der Waals surface area contributed by atoms with Crippen LogP contribution in [0.3, 0.4) is 0 Å². The lowest BCUT2D eigenvalue weighted by Crippen LogP contribution is -2.43. The van der Waals surface area contributed by atoms with E-state index < -0.39 is 6.61 Å². The first-order valence-electron chi connectivity index (χ1n) is 5.99. The number of ether oxygens (including phenoxy) is 1. The average molecular weight is 272 g/mol. The number of hydrogen-bond acceptors (Lipinski definition) is 3. The molecule has 1 unspecified atom stereocenters. The average Bonchev–Trinajstić information content (AvgIpc) is 2.35. The third kappa shape index (κ3) is 4.82. The fraction of sp³-hybridized carbons (Fsp3) is 0.462. The standard InChI is InChI=1S/C13H18F2N2O2/c1-8(2)11(7-16)17-12(18)9-3-5-10(6-4-9)19-13(14)15/h3-6,8,11,13H,7,16H2,1-2H3,(H,17,18). The first-order valence-corrected chi connectivity index (χ1v) is 5.99. The predicted molar refractivity (Wildman–Crippen MR) is 68.2 cm³/mol. The molecule has 3 N–H and O–H groups in total. The zero-order valence-electron chi connectivity index (χ0n) is 10.9. The van der Waals surface area contributed by atoms with Gasteiger partial charge in [0.1, 0.15) is 5.75 Å². The number of nitrogens with two attached hydrogens (primary N) is 1. The second-order valence-electron chi connectivity index (χ2n) is 4.46. The normalized spacial score (nSPS) is 12.6. The number of amides is 1. The number of rotatable bonds is 6. The highest BCUT2D eigenvalue weighted by atomic mass is 19.3. The monoisotopic (exact) mass is 272 g/mol. The first-order chi connectivity index (χ1) is 8.93. The van der Waals surface area contributed by atoms with Crippen LogP contribution in [0.4, 0.5) is 8.78 Å². The molecule has 1 rings (SSSR count). The Balaban J connectivity index is 2.67. The molecule has 0 radical (unpaired) electrons. The highest BCUT2D eigenvalue weighted by Gasteiger charge is 2.15. The summed E-state index contributed by atoms with van der Waals surface area (Å²) in [6.07, 6.45) is 0. The summed E-state index contributed by atoms with van der Waals surface area (Å²) in [6, 6.07) is 5.40. The van der Waals surface area contributed by atoms with Crippen molar-refractivity contribution in [3.8, 4) is 5.75 Å². The van der Waals surface area contributed by atoms with Gasteiger partial charge in [-0.05, 0) is 30.2 Å². The van der Waals surface area contributed by atoms with Gasteiger partial charge in [0.2, 0.25) is 0 Å². The van der Waals surface area contributed by atoms with E-state index in [0.29, 0.717) is 12.1 Å². The van der Waals surface area contributed by atoms with Crippen LogP contribution in [0.1, 0.15) is 24.2 Å². The summed E-state index contributed by atoms with van der Waals surface area (Å²) in [5.74, 6) is -0.0473. The molecule has 0 spiro atoms. The molecular weight excluding hydrogens is 254 g/mol. The maximum absolute atomic E-state index is 12.0. The number of carbonyl (C=O) groups is 1. The Morgan fingerprint density at radius 1 is 1.32 bits per heavy atom. The Bertz CT molecular complexity index is 408. The smallest absolute Gasteiger partial charge is 0.387 e. The van der Waals surface area contributed by atoms with Crippen molar-refractivity contribution in [2.75, 3.05) is 6.54 Å². The number of alkyl halides is 2. The molecule has 0 aliphatic heterocycles. The van der Waals surface area contributed by atoms with Crippen molar-refractivity contribution in [3.63, 3.8) is 0 Å².